The second-order valence-electron chi connectivity index (χ2n) is 5.38. The topological polar surface area (TPSA) is 64.4 Å². The van der Waals surface area contributed by atoms with Crippen molar-refractivity contribution in [2.45, 2.75) is 13.5 Å². The molecule has 1 amide bonds. The van der Waals surface area contributed by atoms with E-state index in [1.54, 1.807) is 31.2 Å². The summed E-state index contributed by atoms with van der Waals surface area (Å²) in [5.74, 6) is -3.21. The van der Waals surface area contributed by atoms with E-state index in [0.717, 1.165) is 18.6 Å². The Kier molecular flexibility index (Phi) is 5.28. The molecule has 1 heterocycles. The molecule has 0 fully saturated rings. The van der Waals surface area contributed by atoms with Crippen molar-refractivity contribution >= 4 is 11.7 Å². The zero-order chi connectivity index (χ0) is 17.9. The molecule has 0 spiro atoms. The Morgan fingerprint density at radius 1 is 1.33 bits per heavy atom. The maximum atomic E-state index is 13.7. The minimum absolute atomic E-state index is 0.289. The number of nitrogens with zero attached hydrogens (tertiary/aromatic N) is 3. The largest absolute Gasteiger partial charge is 0.483 e. The third-order valence-electron chi connectivity index (χ3n) is 3.33. The number of benzene rings is 1. The molecular weight excluding hydrogens is 320 g/mol. The Morgan fingerprint density at radius 2 is 2.04 bits per heavy atom. The van der Waals surface area contributed by atoms with Crippen molar-refractivity contribution in [3.8, 4) is 5.75 Å². The number of aryl methyl sites for hydroxylation is 1. The van der Waals surface area contributed by atoms with Gasteiger partial charge in [-0.25, -0.2) is 8.78 Å². The van der Waals surface area contributed by atoms with Crippen LogP contribution in [0.1, 0.15) is 22.8 Å². The lowest BCUT2D eigenvalue weighted by Crippen LogP contribution is -2.31. The van der Waals surface area contributed by atoms with Crippen molar-refractivity contribution in [3.63, 3.8) is 0 Å². The number of hydrogen-bond donors (Lipinski definition) is 0. The quantitative estimate of drug-likeness (QED) is 0.756. The molecule has 24 heavy (non-hydrogen) atoms. The summed E-state index contributed by atoms with van der Waals surface area (Å²) in [6.45, 7) is 1.01. The zero-order valence-electron chi connectivity index (χ0n) is 13.5. The Bertz CT molecular complexity index is 774. The van der Waals surface area contributed by atoms with Crippen LogP contribution < -0.4 is 4.74 Å². The van der Waals surface area contributed by atoms with Crippen LogP contribution in [0.25, 0.3) is 0 Å². The fourth-order valence-corrected chi connectivity index (χ4v) is 2.17. The first-order valence-electron chi connectivity index (χ1n) is 7.12. The van der Waals surface area contributed by atoms with Gasteiger partial charge >= 0.3 is 0 Å². The Morgan fingerprint density at radius 3 is 2.62 bits per heavy atom. The molecular formula is C16H17F2N3O3. The third kappa shape index (κ3) is 4.15. The summed E-state index contributed by atoms with van der Waals surface area (Å²) in [5, 5.41) is 4.00. The van der Waals surface area contributed by atoms with E-state index in [4.69, 9.17) is 4.74 Å². The number of aromatic nitrogens is 2. The summed E-state index contributed by atoms with van der Waals surface area (Å²) in [6, 6.07) is 1.48. The lowest BCUT2D eigenvalue weighted by Gasteiger charge is -2.17. The number of carbonyl (C=O) groups excluding carboxylic acids is 2. The van der Waals surface area contributed by atoms with Crippen molar-refractivity contribution in [3.05, 3.63) is 47.3 Å². The van der Waals surface area contributed by atoms with Crippen LogP contribution >= 0.6 is 0 Å². The summed E-state index contributed by atoms with van der Waals surface area (Å²) >= 11 is 0. The summed E-state index contributed by atoms with van der Waals surface area (Å²) in [4.78, 5) is 24.9. The molecule has 2 aromatic rings. The number of likely N-dealkylation sites (N-methyl/N-ethyl adjacent to an activating group) is 1. The lowest BCUT2D eigenvalue weighted by molar-refractivity contribution is -0.132. The molecule has 0 N–H and O–H groups in total. The van der Waals surface area contributed by atoms with Gasteiger partial charge in [0.1, 0.15) is 17.4 Å². The Labute approximate surface area is 137 Å². The average Bonchev–Trinajstić information content (AvgIpc) is 2.88. The molecule has 1 aromatic carbocycles. The average molecular weight is 337 g/mol. The molecule has 0 unspecified atom stereocenters. The minimum atomic E-state index is -1.02. The van der Waals surface area contributed by atoms with Gasteiger partial charge in [0.25, 0.3) is 5.91 Å². The van der Waals surface area contributed by atoms with Crippen LogP contribution in [-0.2, 0) is 18.4 Å². The van der Waals surface area contributed by atoms with Crippen molar-refractivity contribution in [2.75, 3.05) is 13.7 Å². The number of rotatable bonds is 6. The van der Waals surface area contributed by atoms with E-state index >= 15 is 0 Å². The highest BCUT2D eigenvalue weighted by atomic mass is 19.1. The van der Waals surface area contributed by atoms with Crippen LogP contribution in [0, 0.1) is 11.6 Å². The van der Waals surface area contributed by atoms with Gasteiger partial charge < -0.3 is 9.64 Å². The molecule has 6 nitrogen and oxygen atoms in total. The number of amides is 1. The number of Topliss-reactive ketones (excluding diaryl/α,β-unsaturated/α-hetero) is 1. The van der Waals surface area contributed by atoms with Gasteiger partial charge in [-0.15, -0.1) is 0 Å². The van der Waals surface area contributed by atoms with Gasteiger partial charge in [0.15, 0.2) is 12.4 Å². The maximum Gasteiger partial charge on any atom is 0.260 e. The smallest absolute Gasteiger partial charge is 0.260 e. The fourth-order valence-electron chi connectivity index (χ4n) is 2.17. The molecule has 0 saturated carbocycles. The van der Waals surface area contributed by atoms with E-state index in [9.17, 15) is 18.4 Å². The predicted molar refractivity (Wildman–Crippen MR) is 81.5 cm³/mol. The van der Waals surface area contributed by atoms with E-state index in [-0.39, 0.29) is 11.3 Å². The molecule has 0 saturated heterocycles. The molecule has 0 aliphatic heterocycles. The maximum absolute atomic E-state index is 13.7. The van der Waals surface area contributed by atoms with E-state index in [0.29, 0.717) is 12.6 Å². The molecule has 128 valence electrons. The molecule has 0 atom stereocenters. The molecule has 2 rings (SSSR count). The van der Waals surface area contributed by atoms with Gasteiger partial charge in [0.05, 0.1) is 11.8 Å². The Hall–Kier alpha value is -2.77. The van der Waals surface area contributed by atoms with Crippen LogP contribution in [0.15, 0.2) is 24.5 Å². The van der Waals surface area contributed by atoms with Crippen molar-refractivity contribution in [1.29, 1.82) is 0 Å². The number of halogens is 2. The lowest BCUT2D eigenvalue weighted by atomic mass is 10.1. The number of ether oxygens (including phenoxy) is 1. The van der Waals surface area contributed by atoms with Crippen molar-refractivity contribution in [1.82, 2.24) is 14.7 Å². The standard InChI is InChI=1S/C16H17F2N3O3/c1-10(22)16-13(18)4-12(17)5-14(16)24-9-15(23)20(2)7-11-6-19-21(3)8-11/h4-6,8H,7,9H2,1-3H3. The highest BCUT2D eigenvalue weighted by Gasteiger charge is 2.18. The van der Waals surface area contributed by atoms with E-state index < -0.39 is 29.9 Å². The van der Waals surface area contributed by atoms with Crippen LogP contribution in [0.3, 0.4) is 0 Å². The summed E-state index contributed by atoms with van der Waals surface area (Å²) < 4.78 is 33.8. The molecule has 0 radical (unpaired) electrons. The van der Waals surface area contributed by atoms with Gasteiger partial charge in [-0.1, -0.05) is 0 Å². The number of carbonyl (C=O) groups is 2. The normalized spacial score (nSPS) is 10.5. The highest BCUT2D eigenvalue weighted by Crippen LogP contribution is 2.24. The first kappa shape index (κ1) is 17.6. The molecule has 1 aromatic heterocycles. The first-order valence-corrected chi connectivity index (χ1v) is 7.12. The summed E-state index contributed by atoms with van der Waals surface area (Å²) in [6.07, 6.45) is 3.39. The van der Waals surface area contributed by atoms with E-state index in [1.807, 2.05) is 0 Å². The monoisotopic (exact) mass is 337 g/mol. The van der Waals surface area contributed by atoms with Crippen molar-refractivity contribution < 1.29 is 23.1 Å². The van der Waals surface area contributed by atoms with Gasteiger partial charge in [0.2, 0.25) is 0 Å². The van der Waals surface area contributed by atoms with Crippen molar-refractivity contribution in [2.24, 2.45) is 7.05 Å². The summed E-state index contributed by atoms with van der Waals surface area (Å²) in [5.41, 5.74) is 0.452. The van der Waals surface area contributed by atoms with Gasteiger partial charge in [0, 0.05) is 44.5 Å². The minimum Gasteiger partial charge on any atom is -0.483 e. The first-order chi connectivity index (χ1) is 11.3. The van der Waals surface area contributed by atoms with Crippen LogP contribution in [0.4, 0.5) is 8.78 Å². The van der Waals surface area contributed by atoms with E-state index in [1.165, 1.54) is 4.90 Å². The van der Waals surface area contributed by atoms with Gasteiger partial charge in [-0.05, 0) is 6.92 Å². The van der Waals surface area contributed by atoms with Crippen LogP contribution in [0.5, 0.6) is 5.75 Å². The molecule has 0 aliphatic carbocycles. The van der Waals surface area contributed by atoms with Crippen LogP contribution in [-0.4, -0.2) is 40.0 Å². The van der Waals surface area contributed by atoms with Gasteiger partial charge in [-0.3, -0.25) is 14.3 Å². The molecule has 0 aliphatic rings. The SMILES string of the molecule is CC(=O)c1c(F)cc(F)cc1OCC(=O)N(C)Cc1cnn(C)c1. The highest BCUT2D eigenvalue weighted by molar-refractivity contribution is 5.97. The number of ketones is 1. The predicted octanol–water partition coefficient (Wildman–Crippen LogP) is 1.94. The van der Waals surface area contributed by atoms with E-state index in [2.05, 4.69) is 5.10 Å². The Balaban J connectivity index is 2.04. The van der Waals surface area contributed by atoms with Gasteiger partial charge in [-0.2, -0.15) is 5.10 Å². The second-order valence-corrected chi connectivity index (χ2v) is 5.38. The third-order valence-corrected chi connectivity index (χ3v) is 3.33. The number of hydrogen-bond acceptors (Lipinski definition) is 4. The molecule has 8 heteroatoms. The second kappa shape index (κ2) is 7.20. The zero-order valence-corrected chi connectivity index (χ0v) is 13.5. The summed E-state index contributed by atoms with van der Waals surface area (Å²) in [7, 11) is 3.33. The fraction of sp³-hybridized carbons (Fsp3) is 0.312. The molecule has 0 bridgehead atoms. The van der Waals surface area contributed by atoms with Crippen LogP contribution in [0.2, 0.25) is 0 Å².